The van der Waals surface area contributed by atoms with Crippen LogP contribution in [0.2, 0.25) is 0 Å². The quantitative estimate of drug-likeness (QED) is 0.792. The third-order valence-corrected chi connectivity index (χ3v) is 5.17. The molecule has 4 heterocycles. The van der Waals surface area contributed by atoms with Gasteiger partial charge in [-0.25, -0.2) is 9.97 Å². The first-order valence-corrected chi connectivity index (χ1v) is 8.51. The van der Waals surface area contributed by atoms with E-state index in [1.807, 2.05) is 23.0 Å². The van der Waals surface area contributed by atoms with Crippen molar-refractivity contribution in [2.75, 3.05) is 24.5 Å². The molecule has 0 saturated carbocycles. The Hall–Kier alpha value is -1.14. The molecule has 2 aromatic heterocycles. The van der Waals surface area contributed by atoms with E-state index in [4.69, 9.17) is 4.98 Å². The Kier molecular flexibility index (Phi) is 3.38. The van der Waals surface area contributed by atoms with Gasteiger partial charge in [-0.15, -0.1) is 0 Å². The molecule has 4 rings (SSSR count). The summed E-state index contributed by atoms with van der Waals surface area (Å²) in [5.74, 6) is 1.01. The summed E-state index contributed by atoms with van der Waals surface area (Å²) in [4.78, 5) is 14.3. The Morgan fingerprint density at radius 3 is 3.10 bits per heavy atom. The van der Waals surface area contributed by atoms with Crippen molar-refractivity contribution < 1.29 is 0 Å². The summed E-state index contributed by atoms with van der Waals surface area (Å²) < 4.78 is 2.91. The summed E-state index contributed by atoms with van der Waals surface area (Å²) in [7, 11) is 0. The van der Waals surface area contributed by atoms with Gasteiger partial charge in [0.05, 0.1) is 0 Å². The summed E-state index contributed by atoms with van der Waals surface area (Å²) in [6.07, 6.45) is 9.80. The predicted molar refractivity (Wildman–Crippen MR) is 86.7 cm³/mol. The Labute approximate surface area is 133 Å². The van der Waals surface area contributed by atoms with Gasteiger partial charge in [0.2, 0.25) is 0 Å². The van der Waals surface area contributed by atoms with Gasteiger partial charge in [-0.3, -0.25) is 4.90 Å². The van der Waals surface area contributed by atoms with E-state index in [-0.39, 0.29) is 0 Å². The van der Waals surface area contributed by atoms with Crippen molar-refractivity contribution in [1.82, 2.24) is 19.3 Å². The van der Waals surface area contributed by atoms with Crippen LogP contribution in [0.3, 0.4) is 0 Å². The lowest BCUT2D eigenvalue weighted by Crippen LogP contribution is -2.59. The van der Waals surface area contributed by atoms with Crippen molar-refractivity contribution in [3.05, 3.63) is 23.2 Å². The Morgan fingerprint density at radius 1 is 1.29 bits per heavy atom. The number of hydrogen-bond donors (Lipinski definition) is 0. The SMILES string of the molecule is CC1CN2CCCCC2CN1c1nc(Br)cn2ccnc12. The van der Waals surface area contributed by atoms with E-state index >= 15 is 0 Å². The first-order valence-electron chi connectivity index (χ1n) is 7.72. The number of halogens is 1. The zero-order chi connectivity index (χ0) is 14.4. The highest BCUT2D eigenvalue weighted by Gasteiger charge is 2.34. The Morgan fingerprint density at radius 2 is 2.19 bits per heavy atom. The van der Waals surface area contributed by atoms with E-state index in [0.29, 0.717) is 12.1 Å². The number of rotatable bonds is 1. The molecule has 2 fully saturated rings. The van der Waals surface area contributed by atoms with Crippen LogP contribution in [0.1, 0.15) is 26.2 Å². The van der Waals surface area contributed by atoms with Crippen LogP contribution in [0.4, 0.5) is 5.82 Å². The Bertz CT molecular complexity index is 655. The van der Waals surface area contributed by atoms with E-state index in [2.05, 4.69) is 37.6 Å². The molecule has 0 spiro atoms. The van der Waals surface area contributed by atoms with Gasteiger partial charge >= 0.3 is 0 Å². The van der Waals surface area contributed by atoms with Crippen LogP contribution in [0.5, 0.6) is 0 Å². The van der Waals surface area contributed by atoms with Crippen molar-refractivity contribution >= 4 is 27.4 Å². The standard InChI is InChI=1S/C15H20BrN5/c1-11-8-19-6-3-2-4-12(19)9-21(11)15-14-17-5-7-20(14)10-13(16)18-15/h5,7,10-12H,2-4,6,8-9H2,1H3. The molecular weight excluding hydrogens is 330 g/mol. The van der Waals surface area contributed by atoms with Gasteiger partial charge in [0.1, 0.15) is 4.60 Å². The van der Waals surface area contributed by atoms with Gasteiger partial charge in [-0.05, 0) is 42.2 Å². The fourth-order valence-electron chi connectivity index (χ4n) is 3.73. The molecule has 0 aliphatic carbocycles. The molecule has 2 aliphatic rings. The molecule has 0 radical (unpaired) electrons. The first kappa shape index (κ1) is 13.5. The van der Waals surface area contributed by atoms with Crippen LogP contribution in [-0.2, 0) is 0 Å². The van der Waals surface area contributed by atoms with Crippen LogP contribution in [0.15, 0.2) is 23.2 Å². The maximum absolute atomic E-state index is 4.73. The van der Waals surface area contributed by atoms with Crippen molar-refractivity contribution in [2.24, 2.45) is 0 Å². The van der Waals surface area contributed by atoms with Crippen molar-refractivity contribution in [3.63, 3.8) is 0 Å². The molecule has 6 heteroatoms. The zero-order valence-corrected chi connectivity index (χ0v) is 13.8. The number of piperazine rings is 1. The summed E-state index contributed by atoms with van der Waals surface area (Å²) in [5.41, 5.74) is 0.953. The molecule has 2 aromatic rings. The molecule has 0 bridgehead atoms. The number of nitrogens with zero attached hydrogens (tertiary/aromatic N) is 5. The second-order valence-corrected chi connectivity index (χ2v) is 7.00. The number of aromatic nitrogens is 3. The number of anilines is 1. The smallest absolute Gasteiger partial charge is 0.180 e. The average Bonchev–Trinajstić information content (AvgIpc) is 2.94. The third kappa shape index (κ3) is 2.34. The summed E-state index contributed by atoms with van der Waals surface area (Å²) in [6.45, 7) is 5.75. The zero-order valence-electron chi connectivity index (χ0n) is 12.2. The molecule has 5 nitrogen and oxygen atoms in total. The van der Waals surface area contributed by atoms with Crippen LogP contribution < -0.4 is 4.90 Å². The van der Waals surface area contributed by atoms with Crippen molar-refractivity contribution in [3.8, 4) is 0 Å². The van der Waals surface area contributed by atoms with Crippen LogP contribution in [0, 0.1) is 0 Å². The number of imidazole rings is 1. The van der Waals surface area contributed by atoms with Gasteiger partial charge in [0.25, 0.3) is 0 Å². The molecule has 2 saturated heterocycles. The highest BCUT2D eigenvalue weighted by Crippen LogP contribution is 2.29. The molecule has 2 atom stereocenters. The van der Waals surface area contributed by atoms with Gasteiger partial charge < -0.3 is 9.30 Å². The maximum Gasteiger partial charge on any atom is 0.180 e. The topological polar surface area (TPSA) is 36.7 Å². The maximum atomic E-state index is 4.73. The number of piperidine rings is 1. The second kappa shape index (κ2) is 5.25. The van der Waals surface area contributed by atoms with Gasteiger partial charge in [0.15, 0.2) is 11.5 Å². The summed E-state index contributed by atoms with van der Waals surface area (Å²) in [6, 6.07) is 1.15. The number of fused-ring (bicyclic) bond motifs is 2. The van der Waals surface area contributed by atoms with Crippen LogP contribution in [-0.4, -0.2) is 51.0 Å². The molecular formula is C15H20BrN5. The van der Waals surface area contributed by atoms with Gasteiger partial charge in [-0.1, -0.05) is 6.42 Å². The fraction of sp³-hybridized carbons (Fsp3) is 0.600. The molecule has 2 aliphatic heterocycles. The largest absolute Gasteiger partial charge is 0.348 e. The fourth-order valence-corrected chi connectivity index (χ4v) is 4.11. The lowest BCUT2D eigenvalue weighted by atomic mass is 9.97. The van der Waals surface area contributed by atoms with Gasteiger partial charge in [-0.2, -0.15) is 0 Å². The lowest BCUT2D eigenvalue weighted by Gasteiger charge is -2.47. The Balaban J connectivity index is 1.72. The minimum atomic E-state index is 0.474. The average molecular weight is 350 g/mol. The minimum Gasteiger partial charge on any atom is -0.348 e. The lowest BCUT2D eigenvalue weighted by molar-refractivity contribution is 0.115. The highest BCUT2D eigenvalue weighted by atomic mass is 79.9. The third-order valence-electron chi connectivity index (χ3n) is 4.79. The van der Waals surface area contributed by atoms with Crippen LogP contribution >= 0.6 is 15.9 Å². The van der Waals surface area contributed by atoms with Crippen molar-refractivity contribution in [2.45, 2.75) is 38.3 Å². The number of hydrogen-bond acceptors (Lipinski definition) is 4. The van der Waals surface area contributed by atoms with Crippen molar-refractivity contribution in [1.29, 1.82) is 0 Å². The molecule has 21 heavy (non-hydrogen) atoms. The second-order valence-electron chi connectivity index (χ2n) is 6.19. The molecule has 0 N–H and O–H groups in total. The van der Waals surface area contributed by atoms with Gasteiger partial charge in [0, 0.05) is 43.8 Å². The molecule has 0 amide bonds. The molecule has 2 unspecified atom stereocenters. The minimum absolute atomic E-state index is 0.474. The van der Waals surface area contributed by atoms with E-state index in [0.717, 1.165) is 29.2 Å². The summed E-state index contributed by atoms with van der Waals surface area (Å²) in [5, 5.41) is 0. The summed E-state index contributed by atoms with van der Waals surface area (Å²) >= 11 is 3.53. The van der Waals surface area contributed by atoms with E-state index in [9.17, 15) is 0 Å². The molecule has 112 valence electrons. The predicted octanol–water partition coefficient (Wildman–Crippen LogP) is 2.55. The van der Waals surface area contributed by atoms with E-state index in [1.165, 1.54) is 25.8 Å². The molecule has 0 aromatic carbocycles. The van der Waals surface area contributed by atoms with E-state index < -0.39 is 0 Å². The highest BCUT2D eigenvalue weighted by molar-refractivity contribution is 9.10. The van der Waals surface area contributed by atoms with Crippen LogP contribution in [0.25, 0.3) is 5.65 Å². The normalized spacial score (nSPS) is 27.0. The first-order chi connectivity index (χ1) is 10.2. The van der Waals surface area contributed by atoms with E-state index in [1.54, 1.807) is 0 Å². The monoisotopic (exact) mass is 349 g/mol.